The summed E-state index contributed by atoms with van der Waals surface area (Å²) in [7, 11) is 6.67. The number of likely N-dealkylation sites (N-methyl/N-ethyl adjacent to an activating group) is 1. The molecule has 0 unspecified atom stereocenters. The van der Waals surface area contributed by atoms with Crippen molar-refractivity contribution >= 4 is 5.91 Å². The SMILES string of the molecule is COc1cccc(CNC(=O)[C@H](c2cccc(F)c2)N(C)C)c1OC. The third kappa shape index (κ3) is 4.48. The van der Waals surface area contributed by atoms with Gasteiger partial charge in [-0.3, -0.25) is 9.69 Å². The van der Waals surface area contributed by atoms with Crippen molar-refractivity contribution in [1.82, 2.24) is 10.2 Å². The highest BCUT2D eigenvalue weighted by atomic mass is 19.1. The lowest BCUT2D eigenvalue weighted by atomic mass is 10.0. The number of ether oxygens (including phenoxy) is 2. The van der Waals surface area contributed by atoms with Gasteiger partial charge in [-0.2, -0.15) is 0 Å². The molecule has 0 aromatic heterocycles. The molecule has 1 amide bonds. The van der Waals surface area contributed by atoms with E-state index >= 15 is 0 Å². The largest absolute Gasteiger partial charge is 0.493 e. The van der Waals surface area contributed by atoms with Crippen molar-refractivity contribution in [3.63, 3.8) is 0 Å². The van der Waals surface area contributed by atoms with E-state index in [1.165, 1.54) is 12.1 Å². The van der Waals surface area contributed by atoms with Gasteiger partial charge in [-0.25, -0.2) is 4.39 Å². The minimum absolute atomic E-state index is 0.222. The Morgan fingerprint density at radius 1 is 1.16 bits per heavy atom. The molecule has 0 aliphatic rings. The Labute approximate surface area is 147 Å². The van der Waals surface area contributed by atoms with E-state index in [1.807, 2.05) is 12.1 Å². The second-order valence-electron chi connectivity index (χ2n) is 5.79. The van der Waals surface area contributed by atoms with Gasteiger partial charge in [0.2, 0.25) is 5.91 Å². The minimum Gasteiger partial charge on any atom is -0.493 e. The highest BCUT2D eigenvalue weighted by Gasteiger charge is 2.23. The van der Waals surface area contributed by atoms with E-state index in [-0.39, 0.29) is 18.3 Å². The molecule has 0 saturated heterocycles. The number of nitrogens with zero attached hydrogens (tertiary/aromatic N) is 1. The molecular weight excluding hydrogens is 323 g/mol. The summed E-state index contributed by atoms with van der Waals surface area (Å²) in [6, 6.07) is 10.9. The first-order valence-electron chi connectivity index (χ1n) is 7.87. The van der Waals surface area contributed by atoms with Crippen molar-refractivity contribution in [2.75, 3.05) is 28.3 Å². The van der Waals surface area contributed by atoms with Crippen LogP contribution in [0.15, 0.2) is 42.5 Å². The number of benzene rings is 2. The van der Waals surface area contributed by atoms with Gasteiger partial charge in [0, 0.05) is 12.1 Å². The minimum atomic E-state index is -0.590. The molecule has 0 aliphatic heterocycles. The van der Waals surface area contributed by atoms with Crippen LogP contribution >= 0.6 is 0 Å². The molecule has 2 rings (SSSR count). The zero-order valence-corrected chi connectivity index (χ0v) is 14.9. The maximum atomic E-state index is 13.5. The van der Waals surface area contributed by atoms with Gasteiger partial charge in [0.1, 0.15) is 11.9 Å². The zero-order valence-electron chi connectivity index (χ0n) is 14.9. The highest BCUT2D eigenvalue weighted by molar-refractivity contribution is 5.83. The normalized spacial score (nSPS) is 11.9. The van der Waals surface area contributed by atoms with Crippen molar-refractivity contribution < 1.29 is 18.7 Å². The monoisotopic (exact) mass is 346 g/mol. The summed E-state index contributed by atoms with van der Waals surface area (Å²) in [6.07, 6.45) is 0. The molecule has 6 heteroatoms. The topological polar surface area (TPSA) is 50.8 Å². The summed E-state index contributed by atoms with van der Waals surface area (Å²) in [6.45, 7) is 0.277. The Balaban J connectivity index is 2.18. The summed E-state index contributed by atoms with van der Waals surface area (Å²) in [4.78, 5) is 14.4. The highest BCUT2D eigenvalue weighted by Crippen LogP contribution is 2.30. The Bertz CT molecular complexity index is 734. The third-order valence-electron chi connectivity index (χ3n) is 3.87. The van der Waals surface area contributed by atoms with Crippen LogP contribution in [-0.2, 0) is 11.3 Å². The summed E-state index contributed by atoms with van der Waals surface area (Å²) >= 11 is 0. The number of hydrogen-bond donors (Lipinski definition) is 1. The molecule has 1 atom stereocenters. The first kappa shape index (κ1) is 18.7. The number of methoxy groups -OCH3 is 2. The molecule has 0 aliphatic carbocycles. The maximum Gasteiger partial charge on any atom is 0.242 e. The van der Waals surface area contributed by atoms with Crippen LogP contribution in [0.1, 0.15) is 17.2 Å². The summed E-state index contributed by atoms with van der Waals surface area (Å²) < 4.78 is 24.1. The van der Waals surface area contributed by atoms with E-state index in [0.717, 1.165) is 5.56 Å². The lowest BCUT2D eigenvalue weighted by Gasteiger charge is -2.24. The summed E-state index contributed by atoms with van der Waals surface area (Å²) in [5.74, 6) is 0.591. The van der Waals surface area contributed by atoms with Crippen LogP contribution in [0.3, 0.4) is 0 Å². The Kier molecular flexibility index (Phi) is 6.36. The fraction of sp³-hybridized carbons (Fsp3) is 0.316. The van der Waals surface area contributed by atoms with Crippen molar-refractivity contribution in [3.05, 3.63) is 59.4 Å². The average Bonchev–Trinajstić information content (AvgIpc) is 2.59. The van der Waals surface area contributed by atoms with Crippen molar-refractivity contribution in [1.29, 1.82) is 0 Å². The van der Waals surface area contributed by atoms with Gasteiger partial charge in [-0.1, -0.05) is 24.3 Å². The van der Waals surface area contributed by atoms with Gasteiger partial charge >= 0.3 is 0 Å². The van der Waals surface area contributed by atoms with Crippen LogP contribution in [0, 0.1) is 5.82 Å². The molecule has 5 nitrogen and oxygen atoms in total. The number of hydrogen-bond acceptors (Lipinski definition) is 4. The lowest BCUT2D eigenvalue weighted by Crippen LogP contribution is -2.36. The van der Waals surface area contributed by atoms with Crippen molar-refractivity contribution in [3.8, 4) is 11.5 Å². The molecule has 134 valence electrons. The van der Waals surface area contributed by atoms with E-state index in [2.05, 4.69) is 5.32 Å². The van der Waals surface area contributed by atoms with Crippen molar-refractivity contribution in [2.45, 2.75) is 12.6 Å². The van der Waals surface area contributed by atoms with Crippen LogP contribution in [0.25, 0.3) is 0 Å². The molecule has 0 heterocycles. The number of rotatable bonds is 7. The van der Waals surface area contributed by atoms with E-state index in [4.69, 9.17) is 9.47 Å². The van der Waals surface area contributed by atoms with Gasteiger partial charge in [0.05, 0.1) is 14.2 Å². The molecule has 25 heavy (non-hydrogen) atoms. The molecule has 1 N–H and O–H groups in total. The Morgan fingerprint density at radius 3 is 2.48 bits per heavy atom. The van der Waals surface area contributed by atoms with E-state index in [0.29, 0.717) is 17.1 Å². The first-order chi connectivity index (χ1) is 12.0. The summed E-state index contributed by atoms with van der Waals surface area (Å²) in [5, 5.41) is 2.89. The number of carbonyl (C=O) groups is 1. The zero-order chi connectivity index (χ0) is 18.4. The molecule has 0 spiro atoms. The van der Waals surface area contributed by atoms with Crippen LogP contribution in [0.2, 0.25) is 0 Å². The number of carbonyl (C=O) groups excluding carboxylic acids is 1. The second-order valence-corrected chi connectivity index (χ2v) is 5.79. The number of amides is 1. The molecule has 2 aromatic carbocycles. The van der Waals surface area contributed by atoms with Crippen molar-refractivity contribution in [2.24, 2.45) is 0 Å². The first-order valence-corrected chi connectivity index (χ1v) is 7.87. The van der Waals surface area contributed by atoms with E-state index in [9.17, 15) is 9.18 Å². The van der Waals surface area contributed by atoms with E-state index < -0.39 is 6.04 Å². The van der Waals surface area contributed by atoms with Gasteiger partial charge < -0.3 is 14.8 Å². The standard InChI is InChI=1S/C19H23FN2O3/c1-22(2)17(13-7-5-9-15(20)11-13)19(23)21-12-14-8-6-10-16(24-3)18(14)25-4/h5-11,17H,12H2,1-4H3,(H,21,23)/t17-/m0/s1. The number of nitrogens with one attached hydrogen (secondary N) is 1. The molecule has 0 bridgehead atoms. The fourth-order valence-corrected chi connectivity index (χ4v) is 2.73. The Morgan fingerprint density at radius 2 is 1.88 bits per heavy atom. The molecule has 2 aromatic rings. The quantitative estimate of drug-likeness (QED) is 0.838. The number of para-hydroxylation sites is 1. The molecule has 0 radical (unpaired) electrons. The predicted molar refractivity (Wildman–Crippen MR) is 94.2 cm³/mol. The predicted octanol–water partition coefficient (Wildman–Crippen LogP) is 2.76. The second kappa shape index (κ2) is 8.48. The maximum absolute atomic E-state index is 13.5. The van der Waals surface area contributed by atoms with Gasteiger partial charge in [0.15, 0.2) is 11.5 Å². The third-order valence-corrected chi connectivity index (χ3v) is 3.87. The molecule has 0 fully saturated rings. The lowest BCUT2D eigenvalue weighted by molar-refractivity contribution is -0.125. The van der Waals surface area contributed by atoms with Crippen LogP contribution in [-0.4, -0.2) is 39.1 Å². The molecule has 0 saturated carbocycles. The van der Waals surface area contributed by atoms with Crippen LogP contribution in [0.5, 0.6) is 11.5 Å². The number of halogens is 1. The average molecular weight is 346 g/mol. The van der Waals surface area contributed by atoms with Gasteiger partial charge in [-0.05, 0) is 37.9 Å². The van der Waals surface area contributed by atoms with Gasteiger partial charge in [-0.15, -0.1) is 0 Å². The molecular formula is C19H23FN2O3. The van der Waals surface area contributed by atoms with E-state index in [1.54, 1.807) is 51.4 Å². The summed E-state index contributed by atoms with van der Waals surface area (Å²) in [5.41, 5.74) is 1.40. The Hall–Kier alpha value is -2.60. The van der Waals surface area contributed by atoms with Gasteiger partial charge in [0.25, 0.3) is 0 Å². The fourth-order valence-electron chi connectivity index (χ4n) is 2.73. The van der Waals surface area contributed by atoms with Crippen LogP contribution < -0.4 is 14.8 Å². The smallest absolute Gasteiger partial charge is 0.242 e. The van der Waals surface area contributed by atoms with Crippen LogP contribution in [0.4, 0.5) is 4.39 Å².